The number of amides is 1. The zero-order valence-corrected chi connectivity index (χ0v) is 9.82. The van der Waals surface area contributed by atoms with Gasteiger partial charge in [0.05, 0.1) is 0 Å². The zero-order valence-electron chi connectivity index (χ0n) is 9.82. The number of nitrogens with two attached hydrogens (primary N) is 1. The van der Waals surface area contributed by atoms with Crippen LogP contribution in [0.3, 0.4) is 0 Å². The lowest BCUT2D eigenvalue weighted by atomic mass is 9.94. The van der Waals surface area contributed by atoms with Crippen LogP contribution in [0.5, 0.6) is 0 Å². The van der Waals surface area contributed by atoms with Crippen LogP contribution in [0.25, 0.3) is 0 Å². The molecule has 6 heteroatoms. The van der Waals surface area contributed by atoms with Crippen molar-refractivity contribution in [3.8, 4) is 0 Å². The van der Waals surface area contributed by atoms with Crippen LogP contribution in [0.1, 0.15) is 38.5 Å². The Kier molecular flexibility index (Phi) is 4.89. The molecule has 5 N–H and O–H groups in total. The summed E-state index contributed by atoms with van der Waals surface area (Å²) in [6.45, 7) is 0.155. The molecule has 1 fully saturated rings. The van der Waals surface area contributed by atoms with Gasteiger partial charge in [0.2, 0.25) is 5.91 Å². The number of carbonyl (C=O) groups is 2. The topological polar surface area (TPSA) is 113 Å². The number of carboxylic acid groups (broad SMARTS) is 1. The molecule has 1 rings (SSSR count). The fourth-order valence-corrected chi connectivity index (χ4v) is 2.11. The lowest BCUT2D eigenvalue weighted by Gasteiger charge is -2.22. The lowest BCUT2D eigenvalue weighted by Crippen LogP contribution is -2.42. The Labute approximate surface area is 100 Å². The fraction of sp³-hybridized carbons (Fsp3) is 0.818. The number of carboxylic acids is 1. The molecule has 17 heavy (non-hydrogen) atoms. The molecule has 0 radical (unpaired) electrons. The highest BCUT2D eigenvalue weighted by atomic mass is 16.4. The normalized spacial score (nSPS) is 19.9. The monoisotopic (exact) mass is 244 g/mol. The molecule has 0 aromatic heterocycles. The average molecular weight is 244 g/mol. The van der Waals surface area contributed by atoms with Crippen molar-refractivity contribution in [3.05, 3.63) is 0 Å². The molecular formula is C11H20N2O4. The van der Waals surface area contributed by atoms with Gasteiger partial charge in [0.15, 0.2) is 6.10 Å². The van der Waals surface area contributed by atoms with Crippen LogP contribution < -0.4 is 11.1 Å². The fourth-order valence-electron chi connectivity index (χ4n) is 2.11. The lowest BCUT2D eigenvalue weighted by molar-refractivity contribution is -0.147. The number of aliphatic carboxylic acids is 1. The van der Waals surface area contributed by atoms with Gasteiger partial charge in [0.25, 0.3) is 0 Å². The highest BCUT2D eigenvalue weighted by molar-refractivity contribution is 5.77. The highest BCUT2D eigenvalue weighted by Gasteiger charge is 2.31. The summed E-state index contributed by atoms with van der Waals surface area (Å²) < 4.78 is 0. The van der Waals surface area contributed by atoms with E-state index in [1.807, 2.05) is 0 Å². The van der Waals surface area contributed by atoms with Crippen LogP contribution in [0.15, 0.2) is 0 Å². The number of hydrogen-bond donors (Lipinski definition) is 4. The minimum atomic E-state index is -1.42. The molecule has 0 aromatic carbocycles. The van der Waals surface area contributed by atoms with Gasteiger partial charge in [0, 0.05) is 24.9 Å². The molecule has 0 unspecified atom stereocenters. The quantitative estimate of drug-likeness (QED) is 0.508. The average Bonchev–Trinajstić information content (AvgIpc) is 2.64. The van der Waals surface area contributed by atoms with Gasteiger partial charge in [-0.15, -0.1) is 0 Å². The van der Waals surface area contributed by atoms with E-state index in [9.17, 15) is 9.59 Å². The van der Waals surface area contributed by atoms with Crippen LogP contribution >= 0.6 is 0 Å². The third kappa shape index (κ3) is 4.70. The van der Waals surface area contributed by atoms with E-state index in [-0.39, 0.29) is 25.3 Å². The van der Waals surface area contributed by atoms with E-state index in [1.54, 1.807) is 0 Å². The zero-order chi connectivity index (χ0) is 12.9. The van der Waals surface area contributed by atoms with Crippen molar-refractivity contribution >= 4 is 11.9 Å². The van der Waals surface area contributed by atoms with E-state index < -0.39 is 17.6 Å². The Balaban J connectivity index is 2.19. The van der Waals surface area contributed by atoms with Crippen molar-refractivity contribution in [2.24, 2.45) is 5.73 Å². The van der Waals surface area contributed by atoms with Crippen molar-refractivity contribution in [1.29, 1.82) is 0 Å². The Hall–Kier alpha value is -1.14. The minimum Gasteiger partial charge on any atom is -0.479 e. The van der Waals surface area contributed by atoms with Gasteiger partial charge in [-0.25, -0.2) is 4.79 Å². The summed E-state index contributed by atoms with van der Waals surface area (Å²) in [6.07, 6.45) is 2.70. The van der Waals surface area contributed by atoms with E-state index in [1.165, 1.54) is 0 Å². The largest absolute Gasteiger partial charge is 0.479 e. The van der Waals surface area contributed by atoms with E-state index in [4.69, 9.17) is 15.9 Å². The van der Waals surface area contributed by atoms with E-state index >= 15 is 0 Å². The second kappa shape index (κ2) is 5.97. The first-order valence-corrected chi connectivity index (χ1v) is 5.89. The SMILES string of the molecule is NC1(CC(=O)NCC[C@H](O)C(=O)O)CCCC1. The van der Waals surface area contributed by atoms with Gasteiger partial charge >= 0.3 is 5.97 Å². The van der Waals surface area contributed by atoms with Crippen molar-refractivity contribution in [3.63, 3.8) is 0 Å². The van der Waals surface area contributed by atoms with Gasteiger partial charge < -0.3 is 21.3 Å². The molecule has 1 atom stereocenters. The van der Waals surface area contributed by atoms with Crippen LogP contribution in [0.4, 0.5) is 0 Å². The van der Waals surface area contributed by atoms with E-state index in [0.29, 0.717) is 0 Å². The number of hydrogen-bond acceptors (Lipinski definition) is 4. The van der Waals surface area contributed by atoms with Crippen LogP contribution in [-0.4, -0.2) is 40.3 Å². The van der Waals surface area contributed by atoms with Crippen molar-refractivity contribution in [2.75, 3.05) is 6.54 Å². The molecule has 0 heterocycles. The summed E-state index contributed by atoms with van der Waals surface area (Å²) in [7, 11) is 0. The van der Waals surface area contributed by atoms with Gasteiger partial charge in [-0.05, 0) is 12.8 Å². The first-order valence-electron chi connectivity index (χ1n) is 5.89. The molecule has 0 saturated heterocycles. The molecule has 1 aliphatic rings. The molecule has 0 aliphatic heterocycles. The first kappa shape index (κ1) is 13.9. The van der Waals surface area contributed by atoms with Crippen LogP contribution in [0.2, 0.25) is 0 Å². The highest BCUT2D eigenvalue weighted by Crippen LogP contribution is 2.29. The Morgan fingerprint density at radius 1 is 1.35 bits per heavy atom. The maximum absolute atomic E-state index is 11.5. The van der Waals surface area contributed by atoms with Crippen molar-refractivity contribution in [2.45, 2.75) is 50.2 Å². The van der Waals surface area contributed by atoms with Gasteiger partial charge in [-0.2, -0.15) is 0 Å². The number of carbonyl (C=O) groups excluding carboxylic acids is 1. The number of rotatable bonds is 6. The molecule has 1 amide bonds. The van der Waals surface area contributed by atoms with Crippen LogP contribution in [-0.2, 0) is 9.59 Å². The maximum Gasteiger partial charge on any atom is 0.332 e. The third-order valence-corrected chi connectivity index (χ3v) is 3.14. The van der Waals surface area contributed by atoms with E-state index in [0.717, 1.165) is 25.7 Å². The molecular weight excluding hydrogens is 224 g/mol. The standard InChI is InChI=1S/C11H20N2O4/c12-11(4-1-2-5-11)7-9(15)13-6-3-8(14)10(16)17/h8,14H,1-7,12H2,(H,13,15)(H,16,17)/t8-/m0/s1. The van der Waals surface area contributed by atoms with Gasteiger partial charge in [0.1, 0.15) is 0 Å². The maximum atomic E-state index is 11.5. The Bertz CT molecular complexity index is 287. The minimum absolute atomic E-state index is 0.0125. The van der Waals surface area contributed by atoms with Crippen LogP contribution in [0, 0.1) is 0 Å². The second-order valence-corrected chi connectivity index (χ2v) is 4.74. The van der Waals surface area contributed by atoms with Crippen molar-refractivity contribution in [1.82, 2.24) is 5.32 Å². The number of aliphatic hydroxyl groups excluding tert-OH is 1. The predicted molar refractivity (Wildman–Crippen MR) is 61.3 cm³/mol. The summed E-state index contributed by atoms with van der Waals surface area (Å²) in [4.78, 5) is 21.9. The molecule has 1 aliphatic carbocycles. The summed E-state index contributed by atoms with van der Waals surface area (Å²) >= 11 is 0. The third-order valence-electron chi connectivity index (χ3n) is 3.14. The van der Waals surface area contributed by atoms with E-state index in [2.05, 4.69) is 5.32 Å². The Morgan fingerprint density at radius 3 is 2.47 bits per heavy atom. The molecule has 1 saturated carbocycles. The summed E-state index contributed by atoms with van der Waals surface area (Å²) in [5, 5.41) is 20.0. The smallest absolute Gasteiger partial charge is 0.332 e. The first-order chi connectivity index (χ1) is 7.93. The second-order valence-electron chi connectivity index (χ2n) is 4.74. The Morgan fingerprint density at radius 2 is 1.94 bits per heavy atom. The summed E-state index contributed by atoms with van der Waals surface area (Å²) in [6, 6.07) is 0. The summed E-state index contributed by atoms with van der Waals surface area (Å²) in [5.74, 6) is -1.45. The molecule has 98 valence electrons. The molecule has 0 aromatic rings. The molecule has 0 spiro atoms. The van der Waals surface area contributed by atoms with Gasteiger partial charge in [-0.3, -0.25) is 4.79 Å². The molecule has 6 nitrogen and oxygen atoms in total. The number of aliphatic hydroxyl groups is 1. The number of nitrogens with one attached hydrogen (secondary N) is 1. The molecule has 0 bridgehead atoms. The van der Waals surface area contributed by atoms with Crippen molar-refractivity contribution < 1.29 is 19.8 Å². The van der Waals surface area contributed by atoms with Gasteiger partial charge in [-0.1, -0.05) is 12.8 Å². The predicted octanol–water partition coefficient (Wildman–Crippen LogP) is -0.400. The summed E-state index contributed by atoms with van der Waals surface area (Å²) in [5.41, 5.74) is 5.64.